The maximum atomic E-state index is 14.4. The Labute approximate surface area is 138 Å². The molecule has 3 rings (SSSR count). The van der Waals surface area contributed by atoms with Gasteiger partial charge in [-0.05, 0) is 36.3 Å². The molecule has 0 fully saturated rings. The largest absolute Gasteiger partial charge is 0.461 e. The molecule has 0 saturated carbocycles. The van der Waals surface area contributed by atoms with Gasteiger partial charge in [-0.15, -0.1) is 5.10 Å². The third-order valence-corrected chi connectivity index (χ3v) is 3.56. The monoisotopic (exact) mass is 332 g/mol. The van der Waals surface area contributed by atoms with Gasteiger partial charge in [0.05, 0.1) is 12.2 Å². The zero-order chi connectivity index (χ0) is 17.1. The zero-order valence-corrected chi connectivity index (χ0v) is 13.4. The van der Waals surface area contributed by atoms with Crippen LogP contribution in [0, 0.1) is 12.7 Å². The summed E-state index contributed by atoms with van der Waals surface area (Å²) in [5.74, 6) is -0.193. The number of halogens is 1. The Balaban J connectivity index is 1.98. The summed E-state index contributed by atoms with van der Waals surface area (Å²) in [6.45, 7) is 2.84. The van der Waals surface area contributed by atoms with E-state index in [-0.39, 0.29) is 18.1 Å². The first-order valence-electron chi connectivity index (χ1n) is 7.40. The van der Waals surface area contributed by atoms with Crippen LogP contribution in [0.1, 0.15) is 11.1 Å². The second-order valence-electron chi connectivity index (χ2n) is 5.38. The van der Waals surface area contributed by atoms with Crippen molar-refractivity contribution in [2.75, 3.05) is 20.3 Å². The van der Waals surface area contributed by atoms with Crippen molar-refractivity contribution < 1.29 is 18.7 Å². The lowest BCUT2D eigenvalue weighted by atomic mass is 10.0. The van der Waals surface area contributed by atoms with Crippen LogP contribution in [0.3, 0.4) is 0 Å². The number of carbonyl (C=O) groups is 1. The SMILES string of the molecule is Cc1cc(F)c(-c2nc3n(n2)COCCO3)cc1/C=C\N(C)C=O. The summed E-state index contributed by atoms with van der Waals surface area (Å²) in [5.41, 5.74) is 1.77. The average Bonchev–Trinajstić information content (AvgIpc) is 2.84. The van der Waals surface area contributed by atoms with Crippen LogP contribution >= 0.6 is 0 Å². The molecular formula is C16H17FN4O3. The van der Waals surface area contributed by atoms with Crippen molar-refractivity contribution in [2.45, 2.75) is 13.7 Å². The number of benzene rings is 1. The molecule has 8 heteroatoms. The first kappa shape index (κ1) is 16.1. The predicted octanol–water partition coefficient (Wildman–Crippen LogP) is 1.82. The number of rotatable bonds is 4. The molecular weight excluding hydrogens is 315 g/mol. The van der Waals surface area contributed by atoms with Gasteiger partial charge in [0.25, 0.3) is 0 Å². The number of aryl methyl sites for hydroxylation is 1. The lowest BCUT2D eigenvalue weighted by Gasteiger charge is -2.07. The van der Waals surface area contributed by atoms with E-state index in [1.54, 1.807) is 32.3 Å². The highest BCUT2D eigenvalue weighted by Crippen LogP contribution is 2.26. The van der Waals surface area contributed by atoms with E-state index >= 15 is 0 Å². The van der Waals surface area contributed by atoms with Crippen molar-refractivity contribution in [2.24, 2.45) is 0 Å². The highest BCUT2D eigenvalue weighted by molar-refractivity contribution is 5.66. The number of ether oxygens (including phenoxy) is 2. The molecule has 1 aliphatic heterocycles. The second kappa shape index (κ2) is 6.79. The minimum Gasteiger partial charge on any atom is -0.461 e. The van der Waals surface area contributed by atoms with Crippen LogP contribution in [0.2, 0.25) is 0 Å². The summed E-state index contributed by atoms with van der Waals surface area (Å²) in [4.78, 5) is 16.3. The zero-order valence-electron chi connectivity index (χ0n) is 13.4. The van der Waals surface area contributed by atoms with Gasteiger partial charge in [0.1, 0.15) is 19.2 Å². The molecule has 0 N–H and O–H groups in total. The number of hydrogen-bond donors (Lipinski definition) is 0. The maximum absolute atomic E-state index is 14.4. The van der Waals surface area contributed by atoms with Gasteiger partial charge in [-0.2, -0.15) is 9.67 Å². The Bertz CT molecular complexity index is 764. The summed E-state index contributed by atoms with van der Waals surface area (Å²) in [6, 6.07) is 3.37. The number of carbonyl (C=O) groups excluding carboxylic acids is 1. The van der Waals surface area contributed by atoms with Crippen molar-refractivity contribution in [3.8, 4) is 17.4 Å². The van der Waals surface area contributed by atoms with E-state index in [2.05, 4.69) is 10.1 Å². The van der Waals surface area contributed by atoms with E-state index in [9.17, 15) is 9.18 Å². The molecule has 0 saturated heterocycles. The first-order chi connectivity index (χ1) is 11.6. The van der Waals surface area contributed by atoms with Gasteiger partial charge in [-0.1, -0.05) is 0 Å². The van der Waals surface area contributed by atoms with E-state index < -0.39 is 5.82 Å². The molecule has 2 aromatic rings. The molecule has 1 aliphatic rings. The van der Waals surface area contributed by atoms with Gasteiger partial charge < -0.3 is 14.4 Å². The summed E-state index contributed by atoms with van der Waals surface area (Å²) in [6.07, 6.45) is 4.01. The molecule has 24 heavy (non-hydrogen) atoms. The van der Waals surface area contributed by atoms with Crippen LogP contribution in [0.4, 0.5) is 4.39 Å². The van der Waals surface area contributed by atoms with Crippen molar-refractivity contribution in [3.05, 3.63) is 35.3 Å². The normalized spacial score (nSPS) is 14.1. The topological polar surface area (TPSA) is 69.5 Å². The molecule has 0 bridgehead atoms. The fourth-order valence-corrected chi connectivity index (χ4v) is 2.25. The van der Waals surface area contributed by atoms with Crippen molar-refractivity contribution in [1.29, 1.82) is 0 Å². The van der Waals surface area contributed by atoms with Gasteiger partial charge >= 0.3 is 6.01 Å². The van der Waals surface area contributed by atoms with Gasteiger partial charge in [0.2, 0.25) is 6.41 Å². The predicted molar refractivity (Wildman–Crippen MR) is 84.5 cm³/mol. The van der Waals surface area contributed by atoms with Crippen LogP contribution in [-0.4, -0.2) is 46.3 Å². The molecule has 0 spiro atoms. The molecule has 0 aliphatic carbocycles. The minimum atomic E-state index is -0.421. The van der Waals surface area contributed by atoms with E-state index in [1.165, 1.54) is 15.6 Å². The number of aromatic nitrogens is 3. The molecule has 0 unspecified atom stereocenters. The number of fused-ring (bicyclic) bond motifs is 1. The molecule has 0 atom stereocenters. The first-order valence-corrected chi connectivity index (χ1v) is 7.40. The van der Waals surface area contributed by atoms with Gasteiger partial charge in [0, 0.05) is 13.2 Å². The Morgan fingerprint density at radius 2 is 2.21 bits per heavy atom. The summed E-state index contributed by atoms with van der Waals surface area (Å²) in [5, 5.41) is 4.25. The molecule has 126 valence electrons. The van der Waals surface area contributed by atoms with Gasteiger partial charge in [0.15, 0.2) is 5.82 Å². The van der Waals surface area contributed by atoms with Gasteiger partial charge in [-0.3, -0.25) is 4.79 Å². The summed E-state index contributed by atoms with van der Waals surface area (Å²) < 4.78 is 26.6. The molecule has 1 aromatic carbocycles. The molecule has 1 aromatic heterocycles. The summed E-state index contributed by atoms with van der Waals surface area (Å²) in [7, 11) is 1.62. The molecule has 0 radical (unpaired) electrons. The highest BCUT2D eigenvalue weighted by atomic mass is 19.1. The van der Waals surface area contributed by atoms with Crippen LogP contribution in [0.25, 0.3) is 17.5 Å². The second-order valence-corrected chi connectivity index (χ2v) is 5.38. The highest BCUT2D eigenvalue weighted by Gasteiger charge is 2.18. The summed E-state index contributed by atoms with van der Waals surface area (Å²) >= 11 is 0. The number of hydrogen-bond acceptors (Lipinski definition) is 5. The third kappa shape index (κ3) is 3.28. The van der Waals surface area contributed by atoms with Crippen LogP contribution in [0.15, 0.2) is 18.3 Å². The van der Waals surface area contributed by atoms with E-state index in [1.807, 2.05) is 0 Å². The maximum Gasteiger partial charge on any atom is 0.317 e. The fourth-order valence-electron chi connectivity index (χ4n) is 2.25. The quantitative estimate of drug-likeness (QED) is 0.799. The lowest BCUT2D eigenvalue weighted by molar-refractivity contribution is -0.114. The van der Waals surface area contributed by atoms with Crippen LogP contribution in [-0.2, 0) is 16.3 Å². The minimum absolute atomic E-state index is 0.215. The Morgan fingerprint density at radius 1 is 1.38 bits per heavy atom. The lowest BCUT2D eigenvalue weighted by Crippen LogP contribution is -2.05. The Kier molecular flexibility index (Phi) is 4.57. The average molecular weight is 332 g/mol. The fraction of sp³-hybridized carbons (Fsp3) is 0.312. The Hall–Kier alpha value is -2.74. The molecule has 2 heterocycles. The van der Waals surface area contributed by atoms with Crippen molar-refractivity contribution in [1.82, 2.24) is 19.7 Å². The Morgan fingerprint density at radius 3 is 3.00 bits per heavy atom. The molecule has 1 amide bonds. The van der Waals surface area contributed by atoms with Crippen molar-refractivity contribution >= 4 is 12.5 Å². The van der Waals surface area contributed by atoms with Crippen LogP contribution in [0.5, 0.6) is 6.01 Å². The molecule has 7 nitrogen and oxygen atoms in total. The van der Waals surface area contributed by atoms with E-state index in [4.69, 9.17) is 9.47 Å². The number of amides is 1. The van der Waals surface area contributed by atoms with E-state index in [0.29, 0.717) is 25.6 Å². The number of nitrogens with zero attached hydrogens (tertiary/aromatic N) is 4. The van der Waals surface area contributed by atoms with Gasteiger partial charge in [-0.25, -0.2) is 4.39 Å². The van der Waals surface area contributed by atoms with E-state index in [0.717, 1.165) is 11.1 Å². The third-order valence-electron chi connectivity index (χ3n) is 3.56. The smallest absolute Gasteiger partial charge is 0.317 e. The van der Waals surface area contributed by atoms with Crippen LogP contribution < -0.4 is 4.74 Å². The van der Waals surface area contributed by atoms with Crippen molar-refractivity contribution in [3.63, 3.8) is 0 Å². The standard InChI is InChI=1S/C16H17FN4O3/c1-11-7-14(17)13(8-12(11)3-4-20(2)9-22)15-18-16-21(19-15)10-23-5-6-24-16/h3-4,7-9H,5-6,10H2,1-2H3/b4-3-.